The highest BCUT2D eigenvalue weighted by Crippen LogP contribution is 2.33. The zero-order valence-electron chi connectivity index (χ0n) is 41.6. The summed E-state index contributed by atoms with van der Waals surface area (Å²) in [6.45, 7) is 21.8. The van der Waals surface area contributed by atoms with Crippen LogP contribution in [0.25, 0.3) is 43.9 Å². The Kier molecular flexibility index (Phi) is 19.3. The Hall–Kier alpha value is -5.87. The normalized spacial score (nSPS) is 12.1. The summed E-state index contributed by atoms with van der Waals surface area (Å²) in [6.07, 6.45) is -0.632. The van der Waals surface area contributed by atoms with Gasteiger partial charge in [0.05, 0.1) is 66.2 Å². The molecule has 6 rings (SSSR count). The first-order valence-corrected chi connectivity index (χ1v) is 23.3. The number of fused-ring (bicyclic) bond motifs is 6. The van der Waals surface area contributed by atoms with Crippen LogP contribution in [0.2, 0.25) is 0 Å². The average molecular weight is 960 g/mol. The fraction of sp³-hybridized carbons (Fsp3) is 0.531. The van der Waals surface area contributed by atoms with Gasteiger partial charge in [-0.15, -0.1) is 0 Å². The predicted octanol–water partition coefficient (Wildman–Crippen LogP) is 6.26. The van der Waals surface area contributed by atoms with Crippen molar-refractivity contribution in [2.45, 2.75) is 112 Å². The second-order valence-corrected chi connectivity index (χ2v) is 17.8. The quantitative estimate of drug-likeness (QED) is 0.0421. The Labute approximate surface area is 402 Å². The number of hydrogen-bond acceptors (Lipinski definition) is 15. The van der Waals surface area contributed by atoms with Crippen LogP contribution in [0, 0.1) is 0 Å². The number of hydrogen-bond donors (Lipinski definition) is 5. The van der Waals surface area contributed by atoms with Crippen LogP contribution in [0.5, 0.6) is 0 Å². The molecule has 0 spiro atoms. The molecule has 69 heavy (non-hydrogen) atoms. The fourth-order valence-electron chi connectivity index (χ4n) is 7.26. The first kappa shape index (κ1) is 54.1. The third-order valence-corrected chi connectivity index (χ3v) is 10.2. The lowest BCUT2D eigenvalue weighted by molar-refractivity contribution is -0.132. The molecule has 0 saturated heterocycles. The van der Waals surface area contributed by atoms with E-state index in [9.17, 15) is 24.6 Å². The van der Waals surface area contributed by atoms with Crippen molar-refractivity contribution < 1.29 is 53.0 Å². The summed E-state index contributed by atoms with van der Waals surface area (Å²) in [5.74, 6) is 0.909. The number of benzene rings is 2. The molecule has 0 saturated carbocycles. The molecule has 0 aliphatic carbocycles. The molecule has 0 atom stereocenters. The summed E-state index contributed by atoms with van der Waals surface area (Å²) in [7, 11) is 0. The highest BCUT2D eigenvalue weighted by molar-refractivity contribution is 6.11. The first-order chi connectivity index (χ1) is 32.8. The molecule has 0 aliphatic rings. The molecule has 20 heteroatoms. The number of amides is 3. The Balaban J connectivity index is 0.000000263. The predicted molar refractivity (Wildman–Crippen MR) is 263 cm³/mol. The van der Waals surface area contributed by atoms with E-state index in [0.717, 1.165) is 21.8 Å². The largest absolute Gasteiger partial charge is 0.447 e. The van der Waals surface area contributed by atoms with Gasteiger partial charge in [0.15, 0.2) is 11.6 Å². The number of anilines is 2. The number of nitrogens with zero attached hydrogens (tertiary/aromatic N) is 6. The number of aliphatic hydroxyl groups is 2. The summed E-state index contributed by atoms with van der Waals surface area (Å²) in [5.41, 5.74) is 0.559. The van der Waals surface area contributed by atoms with Crippen molar-refractivity contribution in [1.29, 1.82) is 0 Å². The maximum Gasteiger partial charge on any atom is 0.412 e. The van der Waals surface area contributed by atoms with E-state index in [1.165, 1.54) is 0 Å². The van der Waals surface area contributed by atoms with Crippen molar-refractivity contribution in [2.75, 3.05) is 70.1 Å². The second-order valence-electron chi connectivity index (χ2n) is 17.8. The highest BCUT2D eigenvalue weighted by Gasteiger charge is 2.32. The van der Waals surface area contributed by atoms with Gasteiger partial charge in [0.25, 0.3) is 5.91 Å². The number of carbonyl (C=O) groups is 3. The molecule has 3 amide bonds. The van der Waals surface area contributed by atoms with E-state index in [1.807, 2.05) is 85.4 Å². The van der Waals surface area contributed by atoms with Gasteiger partial charge in [-0.05, 0) is 81.4 Å². The number of nitrogens with one attached hydrogen (secondary N) is 3. The van der Waals surface area contributed by atoms with Gasteiger partial charge < -0.3 is 58.4 Å². The Morgan fingerprint density at radius 2 is 1.01 bits per heavy atom. The molecule has 6 aromatic rings. The molecule has 376 valence electrons. The second kappa shape index (κ2) is 24.6. The molecule has 0 radical (unpaired) electrons. The topological polar surface area (TPSA) is 245 Å². The summed E-state index contributed by atoms with van der Waals surface area (Å²) < 4.78 is 36.0. The summed E-state index contributed by atoms with van der Waals surface area (Å²) >= 11 is 0. The van der Waals surface area contributed by atoms with Gasteiger partial charge in [-0.2, -0.15) is 0 Å². The van der Waals surface area contributed by atoms with E-state index < -0.39 is 34.6 Å². The summed E-state index contributed by atoms with van der Waals surface area (Å²) in [5, 5.41) is 31.1. The smallest absolute Gasteiger partial charge is 0.412 e. The SMILES string of the molecule is CCOCCOC(=O)Nc1nc2ccccc2c2c1nc(COCC)n2CC(C)(C)O.CCOCCOCC(=O)NC(C)(C)C(=O)Nc1nc2ccccc2c2c1nc(COCC)n2CC(C)(C)O. The molecule has 0 fully saturated rings. The minimum Gasteiger partial charge on any atom is -0.447 e. The van der Waals surface area contributed by atoms with Crippen molar-refractivity contribution in [3.8, 4) is 0 Å². The average Bonchev–Trinajstić information content (AvgIpc) is 3.83. The van der Waals surface area contributed by atoms with Gasteiger partial charge in [-0.25, -0.2) is 24.7 Å². The number of imidazole rings is 2. The van der Waals surface area contributed by atoms with E-state index in [0.29, 0.717) is 85.7 Å². The van der Waals surface area contributed by atoms with Crippen LogP contribution in [0.4, 0.5) is 16.4 Å². The van der Waals surface area contributed by atoms with Gasteiger partial charge in [-0.3, -0.25) is 14.9 Å². The van der Waals surface area contributed by atoms with E-state index >= 15 is 0 Å². The third kappa shape index (κ3) is 15.1. The number of para-hydroxylation sites is 2. The lowest BCUT2D eigenvalue weighted by Crippen LogP contribution is -2.53. The lowest BCUT2D eigenvalue weighted by atomic mass is 10.0. The number of pyridine rings is 2. The Morgan fingerprint density at radius 3 is 1.48 bits per heavy atom. The van der Waals surface area contributed by atoms with Crippen LogP contribution in [0.3, 0.4) is 0 Å². The van der Waals surface area contributed by atoms with Gasteiger partial charge in [0.1, 0.15) is 54.6 Å². The number of ether oxygens (including phenoxy) is 6. The van der Waals surface area contributed by atoms with Crippen LogP contribution in [0.15, 0.2) is 48.5 Å². The molecule has 4 heterocycles. The molecule has 5 N–H and O–H groups in total. The van der Waals surface area contributed by atoms with Crippen molar-refractivity contribution >= 4 is 73.4 Å². The maximum absolute atomic E-state index is 13.3. The van der Waals surface area contributed by atoms with E-state index in [-0.39, 0.29) is 45.4 Å². The first-order valence-electron chi connectivity index (χ1n) is 23.3. The molecular weight excluding hydrogens is 891 g/mol. The zero-order chi connectivity index (χ0) is 50.4. The maximum atomic E-state index is 13.3. The summed E-state index contributed by atoms with van der Waals surface area (Å²) in [6, 6.07) is 15.2. The standard InChI is InChI=1S/C27H39N5O6.C22H30N4O5/c1-7-36-13-14-38-16-21(33)31-27(5,6)25(34)30-24-22-23(18-11-9-10-12-19(18)28-24)32(17-26(3,4)35)20(29-22)15-37-8-2;1-5-29-11-12-31-21(27)25-20-18-19(15-9-7-8-10-16(15)23-20)26(14-22(3,4)28)17(24-18)13-30-6-2/h9-12,35H,7-8,13-17H2,1-6H3,(H,31,33)(H,28,30,34);7-10,28H,5-6,11-14H2,1-4H3,(H,23,25,27). The molecular formula is C49H69N9O11. The van der Waals surface area contributed by atoms with Gasteiger partial charge in [0, 0.05) is 37.2 Å². The van der Waals surface area contributed by atoms with Gasteiger partial charge in [-0.1, -0.05) is 36.4 Å². The van der Waals surface area contributed by atoms with Crippen LogP contribution in [0.1, 0.15) is 80.9 Å². The Bertz CT molecular complexity index is 2670. The molecule has 2 aromatic carbocycles. The summed E-state index contributed by atoms with van der Waals surface area (Å²) in [4.78, 5) is 56.8. The van der Waals surface area contributed by atoms with E-state index in [1.54, 1.807) is 41.5 Å². The Morgan fingerprint density at radius 1 is 0.580 bits per heavy atom. The lowest BCUT2D eigenvalue weighted by Gasteiger charge is -2.25. The monoisotopic (exact) mass is 960 g/mol. The van der Waals surface area contributed by atoms with Crippen molar-refractivity contribution in [3.05, 3.63) is 60.2 Å². The number of aromatic nitrogens is 6. The van der Waals surface area contributed by atoms with Crippen LogP contribution in [-0.4, -0.2) is 133 Å². The van der Waals surface area contributed by atoms with Crippen molar-refractivity contribution in [3.63, 3.8) is 0 Å². The fourth-order valence-corrected chi connectivity index (χ4v) is 7.26. The van der Waals surface area contributed by atoms with E-state index in [4.69, 9.17) is 38.4 Å². The zero-order valence-corrected chi connectivity index (χ0v) is 41.6. The molecule has 0 unspecified atom stereocenters. The van der Waals surface area contributed by atoms with Crippen LogP contribution in [-0.2, 0) is 64.3 Å². The molecule has 4 aromatic heterocycles. The van der Waals surface area contributed by atoms with Crippen LogP contribution < -0.4 is 16.0 Å². The number of rotatable bonds is 24. The third-order valence-electron chi connectivity index (χ3n) is 10.2. The van der Waals surface area contributed by atoms with Crippen molar-refractivity contribution in [2.24, 2.45) is 0 Å². The van der Waals surface area contributed by atoms with Crippen LogP contribution >= 0.6 is 0 Å². The minimum atomic E-state index is -1.26. The molecule has 20 nitrogen and oxygen atoms in total. The van der Waals surface area contributed by atoms with Crippen molar-refractivity contribution in [1.82, 2.24) is 34.4 Å². The molecule has 0 bridgehead atoms. The molecule has 0 aliphatic heterocycles. The number of carbonyl (C=O) groups excluding carboxylic acids is 3. The van der Waals surface area contributed by atoms with E-state index in [2.05, 4.69) is 25.9 Å². The van der Waals surface area contributed by atoms with Gasteiger partial charge in [0.2, 0.25) is 5.91 Å². The van der Waals surface area contributed by atoms with Gasteiger partial charge >= 0.3 is 6.09 Å². The minimum absolute atomic E-state index is 0.138. The highest BCUT2D eigenvalue weighted by atomic mass is 16.6.